The van der Waals surface area contributed by atoms with Crippen LogP contribution in [0.25, 0.3) is 0 Å². The lowest BCUT2D eigenvalue weighted by Gasteiger charge is -2.34. The Balaban J connectivity index is 0.000000271. The van der Waals surface area contributed by atoms with Crippen LogP contribution in [0.4, 0.5) is 26.3 Å². The summed E-state index contributed by atoms with van der Waals surface area (Å²) in [6.45, 7) is 4.26. The van der Waals surface area contributed by atoms with Crippen molar-refractivity contribution >= 4 is 11.9 Å². The first-order chi connectivity index (χ1) is 16.7. The number of aliphatic carboxylic acids is 2. The predicted molar refractivity (Wildman–Crippen MR) is 112 cm³/mol. The van der Waals surface area contributed by atoms with E-state index in [1.165, 1.54) is 37.8 Å². The average Bonchev–Trinajstić information content (AvgIpc) is 3.53. The van der Waals surface area contributed by atoms with Crippen molar-refractivity contribution in [2.45, 2.75) is 62.8 Å². The zero-order valence-corrected chi connectivity index (χ0v) is 19.4. The molecule has 3 aliphatic rings. The molecule has 2 saturated heterocycles. The number of alkyl halides is 6. The average molecular weight is 530 g/mol. The Bertz CT molecular complexity index is 829. The van der Waals surface area contributed by atoms with Crippen LogP contribution in [0.2, 0.25) is 0 Å². The number of rotatable bonds is 5. The number of ether oxygens (including phenoxy) is 1. The number of hydrogen-bond donors (Lipinski definition) is 2. The van der Waals surface area contributed by atoms with Crippen molar-refractivity contribution in [3.05, 3.63) is 24.3 Å². The van der Waals surface area contributed by atoms with Gasteiger partial charge in [0.05, 0.1) is 12.1 Å². The molecule has 3 heterocycles. The lowest BCUT2D eigenvalue weighted by molar-refractivity contribution is -0.193. The molecule has 204 valence electrons. The Morgan fingerprint density at radius 1 is 1.06 bits per heavy atom. The highest BCUT2D eigenvalue weighted by Crippen LogP contribution is 2.36. The van der Waals surface area contributed by atoms with Gasteiger partial charge in [0.1, 0.15) is 6.33 Å². The summed E-state index contributed by atoms with van der Waals surface area (Å²) >= 11 is 0. The zero-order valence-electron chi connectivity index (χ0n) is 19.4. The topological polar surface area (TPSA) is 116 Å². The van der Waals surface area contributed by atoms with Gasteiger partial charge in [0.2, 0.25) is 0 Å². The lowest BCUT2D eigenvalue weighted by atomic mass is 10.00. The Morgan fingerprint density at radius 3 is 2.06 bits per heavy atom. The van der Waals surface area contributed by atoms with Gasteiger partial charge in [-0.1, -0.05) is 0 Å². The number of halogens is 6. The minimum absolute atomic E-state index is 0.377. The first kappa shape index (κ1) is 29.7. The quantitative estimate of drug-likeness (QED) is 0.555. The Morgan fingerprint density at radius 2 is 1.58 bits per heavy atom. The summed E-state index contributed by atoms with van der Waals surface area (Å²) < 4.78 is 69.7. The molecule has 1 saturated carbocycles. The fourth-order valence-electron chi connectivity index (χ4n) is 4.07. The monoisotopic (exact) mass is 530 g/mol. The van der Waals surface area contributed by atoms with Crippen LogP contribution in [0, 0.1) is 5.92 Å². The number of carboxylic acids is 2. The molecule has 15 heteroatoms. The molecule has 36 heavy (non-hydrogen) atoms. The molecule has 0 amide bonds. The van der Waals surface area contributed by atoms with Crippen molar-refractivity contribution in [1.82, 2.24) is 19.8 Å². The molecule has 9 nitrogen and oxygen atoms in total. The molecule has 0 aromatic carbocycles. The van der Waals surface area contributed by atoms with Gasteiger partial charge in [0, 0.05) is 50.2 Å². The van der Waals surface area contributed by atoms with E-state index in [1.54, 1.807) is 6.33 Å². The minimum atomic E-state index is -5.08. The van der Waals surface area contributed by atoms with E-state index in [9.17, 15) is 26.3 Å². The van der Waals surface area contributed by atoms with E-state index >= 15 is 0 Å². The molecule has 0 bridgehead atoms. The summed E-state index contributed by atoms with van der Waals surface area (Å²) in [4.78, 5) is 31.2. The highest BCUT2D eigenvalue weighted by Gasteiger charge is 2.46. The van der Waals surface area contributed by atoms with Crippen LogP contribution in [0.3, 0.4) is 0 Å². The number of aromatic nitrogens is 2. The van der Waals surface area contributed by atoms with Gasteiger partial charge in [-0.05, 0) is 38.6 Å². The number of likely N-dealkylation sites (tertiary alicyclic amines) is 1. The minimum Gasteiger partial charge on any atom is -0.475 e. The summed E-state index contributed by atoms with van der Waals surface area (Å²) in [6, 6.07) is 1.12. The van der Waals surface area contributed by atoms with Crippen molar-refractivity contribution in [3.8, 4) is 0 Å². The van der Waals surface area contributed by atoms with Crippen molar-refractivity contribution in [2.24, 2.45) is 5.92 Å². The SMILES string of the molecule is CN(Cc1cncnc1)[C@@H]1CN(CC2CC2)[C@@H]2CCCO[C@H]12.O=C(O)C(F)(F)F.O=C(O)C(F)(F)F. The van der Waals surface area contributed by atoms with Crippen LogP contribution in [-0.4, -0.2) is 99.2 Å². The van der Waals surface area contributed by atoms with E-state index in [-0.39, 0.29) is 0 Å². The maximum absolute atomic E-state index is 10.6. The molecule has 4 rings (SSSR count). The number of fused-ring (bicyclic) bond motifs is 1. The summed E-state index contributed by atoms with van der Waals surface area (Å²) in [5.41, 5.74) is 1.18. The molecule has 1 aromatic rings. The van der Waals surface area contributed by atoms with Crippen molar-refractivity contribution < 1.29 is 50.9 Å². The van der Waals surface area contributed by atoms with E-state index in [0.717, 1.165) is 25.6 Å². The first-order valence-electron chi connectivity index (χ1n) is 11.1. The Labute approximate surface area is 203 Å². The smallest absolute Gasteiger partial charge is 0.475 e. The van der Waals surface area contributed by atoms with Gasteiger partial charge in [0.25, 0.3) is 0 Å². The third-order valence-electron chi connectivity index (χ3n) is 5.89. The standard InChI is InChI=1S/C17H26N4O.2C2HF3O2/c1-20(9-14-7-18-12-19-8-14)16-11-21(10-13-4-5-13)15-3-2-6-22-17(15)16;2*3-2(4,5)1(6)7/h7-8,12-13,15-17H,2-6,9-11H2,1H3;2*(H,6,7)/t15-,16-,17+;;/m1../s1. The molecular formula is C21H28F6N4O5. The van der Waals surface area contributed by atoms with Crippen molar-refractivity contribution in [2.75, 3.05) is 26.7 Å². The summed E-state index contributed by atoms with van der Waals surface area (Å²) in [5, 5.41) is 14.2. The Kier molecular flexibility index (Phi) is 10.4. The second-order valence-electron chi connectivity index (χ2n) is 8.78. The van der Waals surface area contributed by atoms with E-state index in [2.05, 4.69) is 26.8 Å². The molecule has 3 fully saturated rings. The number of likely N-dealkylation sites (N-methyl/N-ethyl adjacent to an activating group) is 1. The van der Waals surface area contributed by atoms with Gasteiger partial charge in [-0.2, -0.15) is 26.3 Å². The van der Waals surface area contributed by atoms with Gasteiger partial charge in [-0.3, -0.25) is 9.80 Å². The van der Waals surface area contributed by atoms with E-state index in [1.807, 2.05) is 12.4 Å². The van der Waals surface area contributed by atoms with Gasteiger partial charge < -0.3 is 14.9 Å². The van der Waals surface area contributed by atoms with Gasteiger partial charge in [-0.15, -0.1) is 0 Å². The Hall–Kier alpha value is -2.52. The second-order valence-corrected chi connectivity index (χ2v) is 8.78. The molecule has 0 radical (unpaired) electrons. The molecular weight excluding hydrogens is 502 g/mol. The number of hydrogen-bond acceptors (Lipinski definition) is 7. The fourth-order valence-corrected chi connectivity index (χ4v) is 4.07. The lowest BCUT2D eigenvalue weighted by Crippen LogP contribution is -2.46. The first-order valence-corrected chi connectivity index (χ1v) is 11.1. The van der Waals surface area contributed by atoms with Crippen LogP contribution in [-0.2, 0) is 20.9 Å². The number of carboxylic acid groups (broad SMARTS) is 2. The normalized spacial score (nSPS) is 24.2. The summed E-state index contributed by atoms with van der Waals surface area (Å²) in [5.74, 6) is -4.56. The van der Waals surface area contributed by atoms with E-state index < -0.39 is 24.3 Å². The van der Waals surface area contributed by atoms with Crippen LogP contribution in [0.1, 0.15) is 31.2 Å². The highest BCUT2D eigenvalue weighted by atomic mass is 19.4. The predicted octanol–water partition coefficient (Wildman–Crippen LogP) is 2.82. The molecule has 1 aromatic heterocycles. The molecule has 3 atom stereocenters. The van der Waals surface area contributed by atoms with Crippen LogP contribution in [0.15, 0.2) is 18.7 Å². The van der Waals surface area contributed by atoms with Crippen LogP contribution >= 0.6 is 0 Å². The molecule has 2 N–H and O–H groups in total. The van der Waals surface area contributed by atoms with E-state index in [4.69, 9.17) is 24.5 Å². The summed E-state index contributed by atoms with van der Waals surface area (Å²) in [6.07, 6.45) is 1.01. The van der Waals surface area contributed by atoms with Crippen LogP contribution < -0.4 is 0 Å². The summed E-state index contributed by atoms with van der Waals surface area (Å²) in [7, 11) is 2.22. The largest absolute Gasteiger partial charge is 0.490 e. The fraction of sp³-hybridized carbons (Fsp3) is 0.714. The maximum Gasteiger partial charge on any atom is 0.490 e. The second kappa shape index (κ2) is 12.6. The van der Waals surface area contributed by atoms with Crippen molar-refractivity contribution in [1.29, 1.82) is 0 Å². The van der Waals surface area contributed by atoms with Crippen LogP contribution in [0.5, 0.6) is 0 Å². The van der Waals surface area contributed by atoms with Crippen molar-refractivity contribution in [3.63, 3.8) is 0 Å². The van der Waals surface area contributed by atoms with Gasteiger partial charge in [0.15, 0.2) is 0 Å². The molecule has 0 spiro atoms. The molecule has 0 unspecified atom stereocenters. The maximum atomic E-state index is 10.6. The third-order valence-corrected chi connectivity index (χ3v) is 5.89. The van der Waals surface area contributed by atoms with Gasteiger partial charge >= 0.3 is 24.3 Å². The number of carbonyl (C=O) groups is 2. The zero-order chi connectivity index (χ0) is 27.1. The molecule has 2 aliphatic heterocycles. The number of nitrogens with zero attached hydrogens (tertiary/aromatic N) is 4. The highest BCUT2D eigenvalue weighted by molar-refractivity contribution is 5.73. The van der Waals surface area contributed by atoms with E-state index in [0.29, 0.717) is 18.2 Å². The molecule has 1 aliphatic carbocycles. The third kappa shape index (κ3) is 9.50. The van der Waals surface area contributed by atoms with Gasteiger partial charge in [-0.25, -0.2) is 19.6 Å².